The number of nitro benzene ring substituents is 1. The van der Waals surface area contributed by atoms with E-state index in [1.807, 2.05) is 6.92 Å². The number of carbonyl (C=O) groups excluding carboxylic acids is 2. The highest BCUT2D eigenvalue weighted by atomic mass is 35.5. The van der Waals surface area contributed by atoms with Gasteiger partial charge in [0.1, 0.15) is 5.75 Å². The van der Waals surface area contributed by atoms with Crippen molar-refractivity contribution < 1.29 is 32.4 Å². The number of nitrogens with one attached hydrogen (secondary N) is 2. The quantitative estimate of drug-likeness (QED) is 0.118. The molecule has 1 heterocycles. The fraction of sp³-hybridized carbons (Fsp3) is 0.185. The summed E-state index contributed by atoms with van der Waals surface area (Å²) in [7, 11) is 0. The lowest BCUT2D eigenvalue weighted by molar-refractivity contribution is -0.384. The normalized spacial score (nSPS) is 11.2. The maximum absolute atomic E-state index is 13.1. The number of nitro groups is 1. The number of benzene rings is 3. The van der Waals surface area contributed by atoms with Gasteiger partial charge in [0.25, 0.3) is 11.6 Å². The molecule has 0 bridgehead atoms. The average molecular weight is 635 g/mol. The van der Waals surface area contributed by atoms with Crippen molar-refractivity contribution in [3.05, 3.63) is 98.8 Å². The number of alkyl halides is 3. The topological polar surface area (TPSA) is 141 Å². The summed E-state index contributed by atoms with van der Waals surface area (Å²) in [6, 6.07) is 14.6. The Morgan fingerprint density at radius 1 is 1.07 bits per heavy atom. The molecule has 0 saturated heterocycles. The Hall–Kier alpha value is -4.63. The van der Waals surface area contributed by atoms with Crippen LogP contribution in [0.25, 0.3) is 5.69 Å². The second kappa shape index (κ2) is 13.6. The molecule has 224 valence electrons. The Morgan fingerprint density at radius 2 is 1.77 bits per heavy atom. The highest BCUT2D eigenvalue weighted by molar-refractivity contribution is 7.99. The zero-order chi connectivity index (χ0) is 31.1. The number of hydrogen-bond acceptors (Lipinski definition) is 8. The van der Waals surface area contributed by atoms with E-state index >= 15 is 0 Å². The Kier molecular flexibility index (Phi) is 9.88. The maximum atomic E-state index is 13.1. The number of halogens is 4. The van der Waals surface area contributed by atoms with Crippen LogP contribution in [0.3, 0.4) is 0 Å². The SMILES string of the molecule is CCOc1ccc(-n2c(CNC(=O)c3ccc([N+](=O)[O-])cc3)nnc2SCC(=O)Nc2cc(C(F)(F)F)ccc2Cl)cc1. The molecule has 0 aliphatic carbocycles. The molecule has 3 aromatic carbocycles. The summed E-state index contributed by atoms with van der Waals surface area (Å²) in [5.41, 5.74) is -0.540. The molecule has 0 fully saturated rings. The number of non-ortho nitro benzene ring substituents is 1. The number of amides is 2. The number of hydrogen-bond donors (Lipinski definition) is 2. The summed E-state index contributed by atoms with van der Waals surface area (Å²) >= 11 is 6.95. The third-order valence-corrected chi connectivity index (χ3v) is 7.01. The Bertz CT molecular complexity index is 1630. The van der Waals surface area contributed by atoms with E-state index in [1.165, 1.54) is 24.3 Å². The minimum absolute atomic E-state index is 0.0602. The molecule has 2 amide bonds. The van der Waals surface area contributed by atoms with E-state index in [-0.39, 0.29) is 39.4 Å². The first-order valence-electron chi connectivity index (χ1n) is 12.5. The lowest BCUT2D eigenvalue weighted by Crippen LogP contribution is -2.24. The van der Waals surface area contributed by atoms with Gasteiger partial charge >= 0.3 is 6.18 Å². The van der Waals surface area contributed by atoms with E-state index in [2.05, 4.69) is 20.8 Å². The molecule has 0 radical (unpaired) electrons. The van der Waals surface area contributed by atoms with Crippen molar-refractivity contribution in [3.63, 3.8) is 0 Å². The van der Waals surface area contributed by atoms with E-state index in [1.54, 1.807) is 28.8 Å². The zero-order valence-electron chi connectivity index (χ0n) is 22.2. The van der Waals surface area contributed by atoms with Gasteiger partial charge in [-0.15, -0.1) is 10.2 Å². The average Bonchev–Trinajstić information content (AvgIpc) is 3.38. The molecular formula is C27H22ClF3N6O5S. The summed E-state index contributed by atoms with van der Waals surface area (Å²) in [5, 5.41) is 24.4. The van der Waals surface area contributed by atoms with Gasteiger partial charge in [0, 0.05) is 23.4 Å². The molecule has 0 saturated carbocycles. The minimum Gasteiger partial charge on any atom is -0.494 e. The van der Waals surface area contributed by atoms with Crippen LogP contribution in [0, 0.1) is 10.1 Å². The largest absolute Gasteiger partial charge is 0.494 e. The van der Waals surface area contributed by atoms with Gasteiger partial charge in [0.2, 0.25) is 5.91 Å². The Morgan fingerprint density at radius 3 is 2.40 bits per heavy atom. The molecule has 0 spiro atoms. The van der Waals surface area contributed by atoms with Gasteiger partial charge in [-0.25, -0.2) is 0 Å². The lowest BCUT2D eigenvalue weighted by Gasteiger charge is -2.13. The molecule has 43 heavy (non-hydrogen) atoms. The van der Waals surface area contributed by atoms with Crippen molar-refractivity contribution in [1.82, 2.24) is 20.1 Å². The fourth-order valence-electron chi connectivity index (χ4n) is 3.74. The van der Waals surface area contributed by atoms with Crippen LogP contribution in [0.1, 0.15) is 28.7 Å². The summed E-state index contributed by atoms with van der Waals surface area (Å²) in [5.74, 6) is -0.498. The van der Waals surface area contributed by atoms with Crippen molar-refractivity contribution in [2.75, 3.05) is 17.7 Å². The monoisotopic (exact) mass is 634 g/mol. The van der Waals surface area contributed by atoms with Crippen LogP contribution < -0.4 is 15.4 Å². The molecule has 11 nitrogen and oxygen atoms in total. The fourth-order valence-corrected chi connectivity index (χ4v) is 4.67. The summed E-state index contributed by atoms with van der Waals surface area (Å²) in [6.45, 7) is 2.20. The number of ether oxygens (including phenoxy) is 1. The minimum atomic E-state index is -4.61. The molecule has 0 aliphatic heterocycles. The standard InChI is InChI=1S/C27H22ClF3N6O5S/c1-2-42-20-10-8-18(9-11-20)36-23(14-32-25(39)16-3-6-19(7-4-16)37(40)41)34-35-26(36)43-15-24(38)33-22-13-17(27(29,30)31)5-12-21(22)28/h3-13H,2,14-15H2,1H3,(H,32,39)(H,33,38). The Labute approximate surface area is 251 Å². The van der Waals surface area contributed by atoms with E-state index in [0.29, 0.717) is 23.9 Å². The summed E-state index contributed by atoms with van der Waals surface area (Å²) in [4.78, 5) is 35.6. The zero-order valence-corrected chi connectivity index (χ0v) is 23.8. The second-order valence-corrected chi connectivity index (χ2v) is 10.0. The maximum Gasteiger partial charge on any atom is 0.416 e. The van der Waals surface area contributed by atoms with Crippen LogP contribution in [-0.2, 0) is 17.5 Å². The van der Waals surface area contributed by atoms with E-state index in [9.17, 15) is 32.9 Å². The number of thioether (sulfide) groups is 1. The van der Waals surface area contributed by atoms with Crippen LogP contribution in [0.2, 0.25) is 5.02 Å². The highest BCUT2D eigenvalue weighted by Gasteiger charge is 2.31. The number of nitrogens with zero attached hydrogens (tertiary/aromatic N) is 4. The van der Waals surface area contributed by atoms with Gasteiger partial charge in [-0.2, -0.15) is 13.2 Å². The van der Waals surface area contributed by atoms with Gasteiger partial charge in [0.15, 0.2) is 11.0 Å². The first-order valence-corrected chi connectivity index (χ1v) is 13.8. The van der Waals surface area contributed by atoms with Crippen LogP contribution in [0.5, 0.6) is 5.75 Å². The molecule has 0 atom stereocenters. The number of anilines is 1. The van der Waals surface area contributed by atoms with Crippen molar-refractivity contribution in [2.24, 2.45) is 0 Å². The molecule has 16 heteroatoms. The van der Waals surface area contributed by atoms with Gasteiger partial charge in [-0.1, -0.05) is 23.4 Å². The van der Waals surface area contributed by atoms with Crippen LogP contribution in [0.4, 0.5) is 24.5 Å². The molecular weight excluding hydrogens is 613 g/mol. The molecule has 4 aromatic rings. The van der Waals surface area contributed by atoms with Crippen molar-refractivity contribution >= 4 is 46.6 Å². The third kappa shape index (κ3) is 8.02. The van der Waals surface area contributed by atoms with E-state index < -0.39 is 28.5 Å². The van der Waals surface area contributed by atoms with Gasteiger partial charge < -0.3 is 15.4 Å². The van der Waals surface area contributed by atoms with Crippen molar-refractivity contribution in [1.29, 1.82) is 0 Å². The predicted octanol–water partition coefficient (Wildman–Crippen LogP) is 5.91. The van der Waals surface area contributed by atoms with Gasteiger partial charge in [-0.05, 0) is 61.5 Å². The first kappa shape index (κ1) is 31.3. The van der Waals surface area contributed by atoms with E-state index in [4.69, 9.17) is 16.3 Å². The molecule has 1 aromatic heterocycles. The van der Waals surface area contributed by atoms with Crippen LogP contribution in [0.15, 0.2) is 71.9 Å². The summed E-state index contributed by atoms with van der Waals surface area (Å²) in [6.07, 6.45) is -4.61. The molecule has 2 N–H and O–H groups in total. The number of carbonyl (C=O) groups is 2. The molecule has 0 aliphatic rings. The van der Waals surface area contributed by atoms with Gasteiger partial charge in [0.05, 0.1) is 40.1 Å². The molecule has 4 rings (SSSR count). The lowest BCUT2D eigenvalue weighted by atomic mass is 10.2. The van der Waals surface area contributed by atoms with Gasteiger partial charge in [-0.3, -0.25) is 24.3 Å². The van der Waals surface area contributed by atoms with Crippen molar-refractivity contribution in [2.45, 2.75) is 24.8 Å². The van der Waals surface area contributed by atoms with E-state index in [0.717, 1.165) is 30.0 Å². The number of aromatic nitrogens is 3. The molecule has 0 unspecified atom stereocenters. The summed E-state index contributed by atoms with van der Waals surface area (Å²) < 4.78 is 46.4. The van der Waals surface area contributed by atoms with Crippen LogP contribution in [-0.4, -0.2) is 43.9 Å². The first-order chi connectivity index (χ1) is 20.5. The highest BCUT2D eigenvalue weighted by Crippen LogP contribution is 2.34. The third-order valence-electron chi connectivity index (χ3n) is 5.75. The Balaban J connectivity index is 1.52. The second-order valence-electron chi connectivity index (χ2n) is 8.68. The number of rotatable bonds is 11. The smallest absolute Gasteiger partial charge is 0.416 e. The van der Waals surface area contributed by atoms with Crippen molar-refractivity contribution in [3.8, 4) is 11.4 Å². The van der Waals surface area contributed by atoms with Crippen LogP contribution >= 0.6 is 23.4 Å². The predicted molar refractivity (Wildman–Crippen MR) is 153 cm³/mol.